The van der Waals surface area contributed by atoms with E-state index in [9.17, 15) is 0 Å². The minimum atomic E-state index is -0.112. The molecule has 0 N–H and O–H groups in total. The maximum absolute atomic E-state index is 4.93. The topological polar surface area (TPSA) is 32.3 Å². The van der Waals surface area contributed by atoms with Gasteiger partial charge in [0, 0.05) is 22.4 Å². The van der Waals surface area contributed by atoms with E-state index in [2.05, 4.69) is 110 Å². The molecule has 2 aliphatic heterocycles. The SMILES string of the molecule is C=C1C2N(c3ccccc3C1(CC)CC)c1ncnc(-c3c(C)cccc3C)c1N2c1ccccc1. The van der Waals surface area contributed by atoms with Gasteiger partial charge in [-0.25, -0.2) is 9.97 Å². The van der Waals surface area contributed by atoms with Crippen LogP contribution in [0.5, 0.6) is 0 Å². The van der Waals surface area contributed by atoms with Crippen molar-refractivity contribution in [1.82, 2.24) is 9.97 Å². The average Bonchev–Trinajstić information content (AvgIpc) is 3.26. The normalized spacial score (nSPS) is 17.6. The number of fused-ring (bicyclic) bond motifs is 5. The molecule has 36 heavy (non-hydrogen) atoms. The molecule has 1 atom stereocenters. The fourth-order valence-corrected chi connectivity index (χ4v) is 6.50. The highest BCUT2D eigenvalue weighted by molar-refractivity contribution is 5.97. The lowest BCUT2D eigenvalue weighted by atomic mass is 9.66. The molecule has 0 aliphatic carbocycles. The van der Waals surface area contributed by atoms with Gasteiger partial charge in [-0.3, -0.25) is 4.90 Å². The second kappa shape index (κ2) is 8.34. The third-order valence-electron chi connectivity index (χ3n) is 8.33. The summed E-state index contributed by atoms with van der Waals surface area (Å²) in [4.78, 5) is 14.7. The third kappa shape index (κ3) is 2.94. The highest BCUT2D eigenvalue weighted by atomic mass is 15.5. The molecule has 4 aromatic rings. The van der Waals surface area contributed by atoms with Gasteiger partial charge in [0.2, 0.25) is 0 Å². The summed E-state index contributed by atoms with van der Waals surface area (Å²) >= 11 is 0. The van der Waals surface area contributed by atoms with Crippen molar-refractivity contribution in [2.75, 3.05) is 9.80 Å². The van der Waals surface area contributed by atoms with Crippen molar-refractivity contribution in [3.8, 4) is 11.3 Å². The van der Waals surface area contributed by atoms with Crippen LogP contribution in [0.1, 0.15) is 43.4 Å². The van der Waals surface area contributed by atoms with Crippen LogP contribution in [0.3, 0.4) is 0 Å². The lowest BCUT2D eigenvalue weighted by Crippen LogP contribution is -2.50. The standard InChI is InChI=1S/C32H32N4/c1-6-32(7-2)23(5)31-35(24-16-9-8-10-17-24)29-28(27-21(3)14-13-15-22(27)4)33-20-34-30(29)36(31)26-19-12-11-18-25(26)32/h8-20,31H,5-7H2,1-4H3. The molecule has 180 valence electrons. The summed E-state index contributed by atoms with van der Waals surface area (Å²) in [7, 11) is 0. The monoisotopic (exact) mass is 472 g/mol. The largest absolute Gasteiger partial charge is 0.311 e. The molecule has 1 aromatic heterocycles. The van der Waals surface area contributed by atoms with E-state index in [1.807, 2.05) is 0 Å². The second-order valence-corrected chi connectivity index (χ2v) is 9.94. The molecular formula is C32H32N4. The molecule has 0 amide bonds. The summed E-state index contributed by atoms with van der Waals surface area (Å²) in [6.45, 7) is 13.7. The Morgan fingerprint density at radius 3 is 2.17 bits per heavy atom. The van der Waals surface area contributed by atoms with E-state index in [1.165, 1.54) is 33.5 Å². The van der Waals surface area contributed by atoms with Gasteiger partial charge in [-0.2, -0.15) is 0 Å². The molecule has 3 aromatic carbocycles. The predicted molar refractivity (Wildman–Crippen MR) is 149 cm³/mol. The maximum Gasteiger partial charge on any atom is 0.163 e. The van der Waals surface area contributed by atoms with Gasteiger partial charge in [-0.15, -0.1) is 0 Å². The van der Waals surface area contributed by atoms with E-state index < -0.39 is 0 Å². The molecule has 2 aliphatic rings. The maximum atomic E-state index is 4.93. The van der Waals surface area contributed by atoms with Gasteiger partial charge in [0.05, 0.1) is 0 Å². The molecule has 0 radical (unpaired) electrons. The molecular weight excluding hydrogens is 440 g/mol. The Morgan fingerprint density at radius 1 is 0.806 bits per heavy atom. The Balaban J connectivity index is 1.71. The summed E-state index contributed by atoms with van der Waals surface area (Å²) in [5, 5.41) is 0. The van der Waals surface area contributed by atoms with Crippen LogP contribution >= 0.6 is 0 Å². The van der Waals surface area contributed by atoms with E-state index in [0.29, 0.717) is 0 Å². The van der Waals surface area contributed by atoms with Gasteiger partial charge in [0.15, 0.2) is 5.82 Å². The third-order valence-corrected chi connectivity index (χ3v) is 8.33. The molecule has 0 bridgehead atoms. The number of aryl methyl sites for hydroxylation is 2. The van der Waals surface area contributed by atoms with Crippen molar-refractivity contribution in [3.63, 3.8) is 0 Å². The first-order chi connectivity index (χ1) is 17.5. The molecule has 0 fully saturated rings. The summed E-state index contributed by atoms with van der Waals surface area (Å²) < 4.78 is 0. The number of aromatic nitrogens is 2. The highest BCUT2D eigenvalue weighted by Gasteiger charge is 2.52. The predicted octanol–water partition coefficient (Wildman–Crippen LogP) is 8.00. The lowest BCUT2D eigenvalue weighted by molar-refractivity contribution is 0.425. The zero-order chi connectivity index (χ0) is 25.0. The van der Waals surface area contributed by atoms with Crippen molar-refractivity contribution in [1.29, 1.82) is 0 Å². The zero-order valence-electron chi connectivity index (χ0n) is 21.5. The molecule has 3 heterocycles. The van der Waals surface area contributed by atoms with E-state index in [-0.39, 0.29) is 11.6 Å². The van der Waals surface area contributed by atoms with Gasteiger partial charge in [0.25, 0.3) is 0 Å². The minimum absolute atomic E-state index is 0.0861. The quantitative estimate of drug-likeness (QED) is 0.282. The average molecular weight is 473 g/mol. The summed E-state index contributed by atoms with van der Waals surface area (Å²) in [6, 6.07) is 25.9. The number of rotatable bonds is 4. The molecule has 4 heteroatoms. The van der Waals surface area contributed by atoms with E-state index in [0.717, 1.165) is 35.7 Å². The number of benzene rings is 3. The van der Waals surface area contributed by atoms with Gasteiger partial charge >= 0.3 is 0 Å². The molecule has 0 saturated carbocycles. The Bertz CT molecular complexity index is 1450. The molecule has 1 unspecified atom stereocenters. The Kier molecular flexibility index (Phi) is 5.22. The second-order valence-electron chi connectivity index (χ2n) is 9.94. The first-order valence-corrected chi connectivity index (χ1v) is 12.9. The summed E-state index contributed by atoms with van der Waals surface area (Å²) in [5.41, 5.74) is 10.4. The Labute approximate surface area is 214 Å². The molecule has 0 spiro atoms. The minimum Gasteiger partial charge on any atom is -0.311 e. The number of anilines is 4. The first kappa shape index (κ1) is 22.5. The summed E-state index contributed by atoms with van der Waals surface area (Å²) in [5.74, 6) is 0.936. The van der Waals surface area contributed by atoms with Gasteiger partial charge in [0.1, 0.15) is 23.9 Å². The van der Waals surface area contributed by atoms with Crippen LogP contribution in [-0.4, -0.2) is 16.1 Å². The first-order valence-electron chi connectivity index (χ1n) is 12.9. The fourth-order valence-electron chi connectivity index (χ4n) is 6.50. The van der Waals surface area contributed by atoms with Crippen molar-refractivity contribution < 1.29 is 0 Å². The smallest absolute Gasteiger partial charge is 0.163 e. The van der Waals surface area contributed by atoms with Gasteiger partial charge < -0.3 is 4.90 Å². The van der Waals surface area contributed by atoms with Crippen LogP contribution in [0.2, 0.25) is 0 Å². The number of para-hydroxylation sites is 2. The summed E-state index contributed by atoms with van der Waals surface area (Å²) in [6.07, 6.45) is 3.63. The van der Waals surface area contributed by atoms with Crippen LogP contribution in [0, 0.1) is 13.8 Å². The lowest BCUT2D eigenvalue weighted by Gasteiger charge is -2.49. The van der Waals surface area contributed by atoms with Crippen molar-refractivity contribution in [2.24, 2.45) is 0 Å². The number of nitrogens with zero attached hydrogens (tertiary/aromatic N) is 4. The molecule has 0 saturated heterocycles. The van der Waals surface area contributed by atoms with Crippen LogP contribution in [-0.2, 0) is 5.41 Å². The zero-order valence-corrected chi connectivity index (χ0v) is 21.5. The highest BCUT2D eigenvalue weighted by Crippen LogP contribution is 2.60. The molecule has 4 nitrogen and oxygen atoms in total. The van der Waals surface area contributed by atoms with E-state index >= 15 is 0 Å². The number of hydrogen-bond acceptors (Lipinski definition) is 4. The van der Waals surface area contributed by atoms with E-state index in [4.69, 9.17) is 16.5 Å². The van der Waals surface area contributed by atoms with Gasteiger partial charge in [-0.05, 0) is 67.2 Å². The van der Waals surface area contributed by atoms with Crippen LogP contribution in [0.25, 0.3) is 11.3 Å². The van der Waals surface area contributed by atoms with Crippen LogP contribution in [0.4, 0.5) is 22.9 Å². The van der Waals surface area contributed by atoms with Crippen molar-refractivity contribution >= 4 is 22.9 Å². The van der Waals surface area contributed by atoms with Gasteiger partial charge in [-0.1, -0.05) is 75.0 Å². The van der Waals surface area contributed by atoms with Crippen LogP contribution in [0.15, 0.2) is 91.3 Å². The van der Waals surface area contributed by atoms with E-state index in [1.54, 1.807) is 6.33 Å². The van der Waals surface area contributed by atoms with Crippen molar-refractivity contribution in [3.05, 3.63) is 108 Å². The Morgan fingerprint density at radius 2 is 1.47 bits per heavy atom. The fraction of sp³-hybridized carbons (Fsp3) is 0.250. The molecule has 6 rings (SSSR count). The van der Waals surface area contributed by atoms with Crippen molar-refractivity contribution in [2.45, 2.75) is 52.1 Å². The van der Waals surface area contributed by atoms with Crippen LogP contribution < -0.4 is 9.80 Å². The Hall–Kier alpha value is -3.92. The number of hydrogen-bond donors (Lipinski definition) is 0.